The molecule has 0 radical (unpaired) electrons. The maximum absolute atomic E-state index is 2.64. The van der Waals surface area contributed by atoms with Gasteiger partial charge in [0.25, 0.3) is 0 Å². The van der Waals surface area contributed by atoms with E-state index < -0.39 is 0 Å². The first kappa shape index (κ1) is 8.06. The second-order valence-electron chi connectivity index (χ2n) is 3.24. The molecule has 1 rings (SSSR count). The van der Waals surface area contributed by atoms with E-state index in [2.05, 4.69) is 18.7 Å². The molecule has 0 aliphatic carbocycles. The first-order valence-electron chi connectivity index (χ1n) is 4.62. The van der Waals surface area contributed by atoms with Gasteiger partial charge in [0, 0.05) is 6.04 Å². The minimum Gasteiger partial charge on any atom is -0.300 e. The van der Waals surface area contributed by atoms with E-state index in [-0.39, 0.29) is 0 Å². The van der Waals surface area contributed by atoms with Crippen LogP contribution in [-0.2, 0) is 0 Å². The van der Waals surface area contributed by atoms with Gasteiger partial charge in [-0.3, -0.25) is 0 Å². The summed E-state index contributed by atoms with van der Waals surface area (Å²) in [5.74, 6) is 0. The van der Waals surface area contributed by atoms with Gasteiger partial charge in [0.1, 0.15) is 0 Å². The topological polar surface area (TPSA) is 3.24 Å². The van der Waals surface area contributed by atoms with Crippen molar-refractivity contribution in [2.45, 2.75) is 45.6 Å². The highest BCUT2D eigenvalue weighted by molar-refractivity contribution is 4.76. The summed E-state index contributed by atoms with van der Waals surface area (Å²) < 4.78 is 0. The zero-order chi connectivity index (χ0) is 7.40. The van der Waals surface area contributed by atoms with Crippen LogP contribution in [0.4, 0.5) is 0 Å². The van der Waals surface area contributed by atoms with Gasteiger partial charge in [-0.05, 0) is 38.8 Å². The number of rotatable bonds is 3. The quantitative estimate of drug-likeness (QED) is 0.583. The van der Waals surface area contributed by atoms with Crippen LogP contribution < -0.4 is 0 Å². The van der Waals surface area contributed by atoms with E-state index in [1.165, 1.54) is 38.8 Å². The molecule has 60 valence electrons. The van der Waals surface area contributed by atoms with Crippen molar-refractivity contribution in [3.05, 3.63) is 0 Å². The predicted octanol–water partition coefficient (Wildman–Crippen LogP) is 2.27. The van der Waals surface area contributed by atoms with E-state index in [0.29, 0.717) is 0 Å². The molecule has 0 aromatic heterocycles. The predicted molar refractivity (Wildman–Crippen MR) is 45.2 cm³/mol. The van der Waals surface area contributed by atoms with Crippen LogP contribution in [0.5, 0.6) is 0 Å². The SMILES string of the molecule is CCCN1CCC[C@H]1CC. The molecular weight excluding hydrogens is 122 g/mol. The van der Waals surface area contributed by atoms with Gasteiger partial charge >= 0.3 is 0 Å². The summed E-state index contributed by atoms with van der Waals surface area (Å²) in [7, 11) is 0. The Labute approximate surface area is 64.4 Å². The summed E-state index contributed by atoms with van der Waals surface area (Å²) >= 11 is 0. The number of hydrogen-bond donors (Lipinski definition) is 0. The maximum Gasteiger partial charge on any atom is 0.00931 e. The van der Waals surface area contributed by atoms with Gasteiger partial charge in [-0.1, -0.05) is 13.8 Å². The molecule has 0 aromatic carbocycles. The van der Waals surface area contributed by atoms with Crippen LogP contribution in [0.2, 0.25) is 0 Å². The van der Waals surface area contributed by atoms with E-state index in [1.54, 1.807) is 0 Å². The molecule has 1 atom stereocenters. The summed E-state index contributed by atoms with van der Waals surface area (Å²) in [4.78, 5) is 2.64. The zero-order valence-electron chi connectivity index (χ0n) is 7.27. The molecule has 0 amide bonds. The third-order valence-corrected chi connectivity index (χ3v) is 2.48. The van der Waals surface area contributed by atoms with Crippen molar-refractivity contribution in [2.24, 2.45) is 0 Å². The lowest BCUT2D eigenvalue weighted by atomic mass is 10.2. The van der Waals surface area contributed by atoms with Gasteiger partial charge < -0.3 is 4.90 Å². The molecule has 1 fully saturated rings. The summed E-state index contributed by atoms with van der Waals surface area (Å²) in [5.41, 5.74) is 0. The molecule has 0 bridgehead atoms. The minimum absolute atomic E-state index is 0.917. The lowest BCUT2D eigenvalue weighted by Crippen LogP contribution is -2.29. The van der Waals surface area contributed by atoms with Crippen LogP contribution in [0.3, 0.4) is 0 Å². The molecule has 0 unspecified atom stereocenters. The fourth-order valence-corrected chi connectivity index (χ4v) is 1.94. The summed E-state index contributed by atoms with van der Waals surface area (Å²) in [6.07, 6.45) is 5.53. The molecule has 1 saturated heterocycles. The summed E-state index contributed by atoms with van der Waals surface area (Å²) in [6.45, 7) is 7.24. The molecule has 1 heteroatoms. The maximum atomic E-state index is 2.64. The highest BCUT2D eigenvalue weighted by Gasteiger charge is 2.20. The Morgan fingerprint density at radius 2 is 2.20 bits per heavy atom. The van der Waals surface area contributed by atoms with E-state index in [0.717, 1.165) is 6.04 Å². The van der Waals surface area contributed by atoms with Crippen molar-refractivity contribution < 1.29 is 0 Å². The molecule has 0 saturated carbocycles. The van der Waals surface area contributed by atoms with Gasteiger partial charge in [0.15, 0.2) is 0 Å². The normalized spacial score (nSPS) is 27.6. The molecule has 1 aliphatic rings. The first-order valence-corrected chi connectivity index (χ1v) is 4.62. The third-order valence-electron chi connectivity index (χ3n) is 2.48. The smallest absolute Gasteiger partial charge is 0.00931 e. The molecule has 1 nitrogen and oxygen atoms in total. The summed E-state index contributed by atoms with van der Waals surface area (Å²) in [5, 5.41) is 0. The minimum atomic E-state index is 0.917. The Balaban J connectivity index is 2.27. The molecule has 0 aromatic rings. The molecule has 0 spiro atoms. The fourth-order valence-electron chi connectivity index (χ4n) is 1.94. The fraction of sp³-hybridized carbons (Fsp3) is 1.00. The average molecular weight is 141 g/mol. The van der Waals surface area contributed by atoms with E-state index in [1.807, 2.05) is 0 Å². The zero-order valence-corrected chi connectivity index (χ0v) is 7.27. The number of nitrogens with zero attached hydrogens (tertiary/aromatic N) is 1. The number of likely N-dealkylation sites (tertiary alicyclic amines) is 1. The first-order chi connectivity index (χ1) is 4.88. The standard InChI is InChI=1S/C9H19N/c1-3-7-10-8-5-6-9(10)4-2/h9H,3-8H2,1-2H3/t9-/m1/s1. The van der Waals surface area contributed by atoms with Crippen molar-refractivity contribution in [3.63, 3.8) is 0 Å². The van der Waals surface area contributed by atoms with E-state index in [9.17, 15) is 0 Å². The second kappa shape index (κ2) is 3.97. The lowest BCUT2D eigenvalue weighted by molar-refractivity contribution is 0.249. The highest BCUT2D eigenvalue weighted by Crippen LogP contribution is 2.19. The van der Waals surface area contributed by atoms with Crippen LogP contribution in [0.25, 0.3) is 0 Å². The van der Waals surface area contributed by atoms with Crippen LogP contribution in [-0.4, -0.2) is 24.0 Å². The largest absolute Gasteiger partial charge is 0.300 e. The molecule has 10 heavy (non-hydrogen) atoms. The van der Waals surface area contributed by atoms with Crippen molar-refractivity contribution >= 4 is 0 Å². The Kier molecular flexibility index (Phi) is 3.20. The van der Waals surface area contributed by atoms with Crippen LogP contribution in [0.15, 0.2) is 0 Å². The third kappa shape index (κ3) is 1.72. The highest BCUT2D eigenvalue weighted by atomic mass is 15.2. The van der Waals surface area contributed by atoms with Gasteiger partial charge in [0.2, 0.25) is 0 Å². The van der Waals surface area contributed by atoms with Gasteiger partial charge in [-0.25, -0.2) is 0 Å². The average Bonchev–Trinajstić information content (AvgIpc) is 2.36. The van der Waals surface area contributed by atoms with E-state index in [4.69, 9.17) is 0 Å². The summed E-state index contributed by atoms with van der Waals surface area (Å²) in [6, 6.07) is 0.917. The van der Waals surface area contributed by atoms with Crippen LogP contribution in [0, 0.1) is 0 Å². The van der Waals surface area contributed by atoms with Crippen molar-refractivity contribution in [1.82, 2.24) is 4.90 Å². The Hall–Kier alpha value is -0.0400. The van der Waals surface area contributed by atoms with Gasteiger partial charge in [-0.2, -0.15) is 0 Å². The van der Waals surface area contributed by atoms with Crippen LogP contribution in [0.1, 0.15) is 39.5 Å². The van der Waals surface area contributed by atoms with Crippen molar-refractivity contribution in [2.75, 3.05) is 13.1 Å². The molecule has 1 heterocycles. The number of hydrogen-bond acceptors (Lipinski definition) is 1. The molecular formula is C9H19N. The van der Waals surface area contributed by atoms with Crippen LogP contribution >= 0.6 is 0 Å². The van der Waals surface area contributed by atoms with Crippen molar-refractivity contribution in [3.8, 4) is 0 Å². The molecule has 1 aliphatic heterocycles. The molecule has 0 N–H and O–H groups in total. The Morgan fingerprint density at radius 3 is 2.80 bits per heavy atom. The van der Waals surface area contributed by atoms with E-state index >= 15 is 0 Å². The Morgan fingerprint density at radius 1 is 1.40 bits per heavy atom. The van der Waals surface area contributed by atoms with Gasteiger partial charge in [0.05, 0.1) is 0 Å². The van der Waals surface area contributed by atoms with Crippen molar-refractivity contribution in [1.29, 1.82) is 0 Å². The second-order valence-corrected chi connectivity index (χ2v) is 3.24. The van der Waals surface area contributed by atoms with Gasteiger partial charge in [-0.15, -0.1) is 0 Å². The Bertz CT molecular complexity index is 90.7. The lowest BCUT2D eigenvalue weighted by Gasteiger charge is -2.21. The monoisotopic (exact) mass is 141 g/mol.